The van der Waals surface area contributed by atoms with Crippen LogP contribution in [0.25, 0.3) is 0 Å². The number of nitrogens with zero attached hydrogens (tertiary/aromatic N) is 3. The van der Waals surface area contributed by atoms with Gasteiger partial charge in [0, 0.05) is 13.1 Å². The van der Waals surface area contributed by atoms with Crippen LogP contribution in [0.3, 0.4) is 0 Å². The minimum atomic E-state index is 0.0957. The largest absolute Gasteiger partial charge is 0.339 e. The summed E-state index contributed by atoms with van der Waals surface area (Å²) < 4.78 is 0. The lowest BCUT2D eigenvalue weighted by Crippen LogP contribution is -2.40. The first-order valence-electron chi connectivity index (χ1n) is 6.86. The molecule has 1 amide bonds. The Morgan fingerprint density at radius 1 is 1.37 bits per heavy atom. The number of rotatable bonds is 3. The predicted octanol–water partition coefficient (Wildman–Crippen LogP) is 1.17. The molecular formula is C14H22N4O. The number of aromatic nitrogens is 2. The van der Waals surface area contributed by atoms with Crippen LogP contribution >= 0.6 is 0 Å². The van der Waals surface area contributed by atoms with Crippen molar-refractivity contribution < 1.29 is 4.79 Å². The van der Waals surface area contributed by atoms with Crippen LogP contribution in [0.15, 0.2) is 6.07 Å². The van der Waals surface area contributed by atoms with E-state index in [1.807, 2.05) is 31.9 Å². The monoisotopic (exact) mass is 262 g/mol. The number of hydrogen-bond donors (Lipinski definition) is 1. The molecule has 1 aromatic rings. The molecular weight excluding hydrogens is 240 g/mol. The molecule has 1 fully saturated rings. The number of piperidine rings is 1. The van der Waals surface area contributed by atoms with E-state index in [9.17, 15) is 4.79 Å². The molecule has 1 aromatic heterocycles. The maximum atomic E-state index is 12.5. The summed E-state index contributed by atoms with van der Waals surface area (Å²) in [5, 5.41) is 11.2. The Labute approximate surface area is 114 Å². The fourth-order valence-corrected chi connectivity index (χ4v) is 2.57. The lowest BCUT2D eigenvalue weighted by molar-refractivity contribution is 0.0689. The van der Waals surface area contributed by atoms with E-state index >= 15 is 0 Å². The van der Waals surface area contributed by atoms with Gasteiger partial charge in [-0.1, -0.05) is 0 Å². The van der Waals surface area contributed by atoms with Crippen LogP contribution in [0.1, 0.15) is 34.6 Å². The normalized spacial score (nSPS) is 16.7. The molecule has 0 radical (unpaired) electrons. The van der Waals surface area contributed by atoms with Crippen molar-refractivity contribution in [1.82, 2.24) is 20.4 Å². The molecule has 1 aliphatic heterocycles. The second kappa shape index (κ2) is 6.10. The molecule has 2 heterocycles. The standard InChI is InChI=1S/C14H22N4O/c1-10-8-13(11(2)17-16-10)14(19)18-6-4-12(5-7-18)9-15-3/h8,12,15H,4-7,9H2,1-3H3. The number of carbonyl (C=O) groups excluding carboxylic acids is 1. The third-order valence-electron chi connectivity index (χ3n) is 3.73. The van der Waals surface area contributed by atoms with Crippen LogP contribution < -0.4 is 5.32 Å². The third kappa shape index (κ3) is 3.29. The molecule has 0 spiro atoms. The van der Waals surface area contributed by atoms with Gasteiger partial charge in [0.25, 0.3) is 5.91 Å². The zero-order chi connectivity index (χ0) is 13.8. The smallest absolute Gasteiger partial charge is 0.255 e. The van der Waals surface area contributed by atoms with E-state index in [1.54, 1.807) is 0 Å². The van der Waals surface area contributed by atoms with Gasteiger partial charge in [0.1, 0.15) is 0 Å². The lowest BCUT2D eigenvalue weighted by atomic mass is 9.96. The topological polar surface area (TPSA) is 58.1 Å². The second-order valence-corrected chi connectivity index (χ2v) is 5.28. The number of likely N-dealkylation sites (tertiary alicyclic amines) is 1. The molecule has 0 aliphatic carbocycles. The van der Waals surface area contributed by atoms with Crippen LogP contribution in [-0.4, -0.2) is 47.7 Å². The molecule has 19 heavy (non-hydrogen) atoms. The van der Waals surface area contributed by atoms with Gasteiger partial charge in [-0.25, -0.2) is 0 Å². The SMILES string of the molecule is CNCC1CCN(C(=O)c2cc(C)nnc2C)CC1. The molecule has 1 N–H and O–H groups in total. The Kier molecular flexibility index (Phi) is 4.47. The van der Waals surface area contributed by atoms with Gasteiger partial charge < -0.3 is 10.2 Å². The molecule has 5 nitrogen and oxygen atoms in total. The van der Waals surface area contributed by atoms with Crippen molar-refractivity contribution >= 4 is 5.91 Å². The van der Waals surface area contributed by atoms with Crippen LogP contribution in [0, 0.1) is 19.8 Å². The fraction of sp³-hybridized carbons (Fsp3) is 0.643. The minimum absolute atomic E-state index is 0.0957. The van der Waals surface area contributed by atoms with E-state index in [1.165, 1.54) is 0 Å². The first-order chi connectivity index (χ1) is 9.11. The zero-order valence-electron chi connectivity index (χ0n) is 11.9. The van der Waals surface area contributed by atoms with E-state index in [-0.39, 0.29) is 5.91 Å². The molecule has 0 unspecified atom stereocenters. The van der Waals surface area contributed by atoms with Gasteiger partial charge in [0.2, 0.25) is 0 Å². The van der Waals surface area contributed by atoms with E-state index in [0.29, 0.717) is 17.2 Å². The Morgan fingerprint density at radius 3 is 2.68 bits per heavy atom. The van der Waals surface area contributed by atoms with E-state index < -0.39 is 0 Å². The Hall–Kier alpha value is -1.49. The molecule has 0 bridgehead atoms. The minimum Gasteiger partial charge on any atom is -0.339 e. The molecule has 0 saturated carbocycles. The average Bonchev–Trinajstić information content (AvgIpc) is 2.42. The molecule has 104 valence electrons. The van der Waals surface area contributed by atoms with Gasteiger partial charge in [0.15, 0.2) is 0 Å². The molecule has 1 saturated heterocycles. The third-order valence-corrected chi connectivity index (χ3v) is 3.73. The fourth-order valence-electron chi connectivity index (χ4n) is 2.57. The van der Waals surface area contributed by atoms with E-state index in [0.717, 1.165) is 38.2 Å². The van der Waals surface area contributed by atoms with Crippen molar-refractivity contribution in [3.8, 4) is 0 Å². The van der Waals surface area contributed by atoms with Gasteiger partial charge in [-0.3, -0.25) is 4.79 Å². The molecule has 0 atom stereocenters. The first kappa shape index (κ1) is 13.9. The Balaban J connectivity index is 2.03. The lowest BCUT2D eigenvalue weighted by Gasteiger charge is -2.32. The van der Waals surface area contributed by atoms with Gasteiger partial charge in [-0.2, -0.15) is 10.2 Å². The van der Waals surface area contributed by atoms with Crippen LogP contribution in [0.4, 0.5) is 0 Å². The summed E-state index contributed by atoms with van der Waals surface area (Å²) in [6.07, 6.45) is 2.15. The molecule has 0 aromatic carbocycles. The summed E-state index contributed by atoms with van der Waals surface area (Å²) in [5.41, 5.74) is 2.20. The summed E-state index contributed by atoms with van der Waals surface area (Å²) in [6, 6.07) is 1.84. The number of hydrogen-bond acceptors (Lipinski definition) is 4. The highest BCUT2D eigenvalue weighted by Gasteiger charge is 2.24. The summed E-state index contributed by atoms with van der Waals surface area (Å²) >= 11 is 0. The second-order valence-electron chi connectivity index (χ2n) is 5.28. The molecule has 2 rings (SSSR count). The van der Waals surface area contributed by atoms with E-state index in [2.05, 4.69) is 15.5 Å². The Bertz CT molecular complexity index is 453. The highest BCUT2D eigenvalue weighted by Crippen LogP contribution is 2.19. The summed E-state index contributed by atoms with van der Waals surface area (Å²) in [6.45, 7) is 6.42. The van der Waals surface area contributed by atoms with Crippen molar-refractivity contribution in [1.29, 1.82) is 0 Å². The molecule has 1 aliphatic rings. The van der Waals surface area contributed by atoms with E-state index in [4.69, 9.17) is 0 Å². The first-order valence-corrected chi connectivity index (χ1v) is 6.86. The van der Waals surface area contributed by atoms with Crippen LogP contribution in [0.5, 0.6) is 0 Å². The number of amides is 1. The number of carbonyl (C=O) groups is 1. The molecule has 5 heteroatoms. The van der Waals surface area contributed by atoms with Gasteiger partial charge in [0.05, 0.1) is 17.0 Å². The quantitative estimate of drug-likeness (QED) is 0.888. The highest BCUT2D eigenvalue weighted by molar-refractivity contribution is 5.95. The maximum Gasteiger partial charge on any atom is 0.255 e. The summed E-state index contributed by atoms with van der Waals surface area (Å²) in [4.78, 5) is 14.4. The van der Waals surface area contributed by atoms with Crippen LogP contribution in [-0.2, 0) is 0 Å². The summed E-state index contributed by atoms with van der Waals surface area (Å²) in [5.74, 6) is 0.783. The average molecular weight is 262 g/mol. The van der Waals surface area contributed by atoms with Gasteiger partial charge in [-0.15, -0.1) is 0 Å². The van der Waals surface area contributed by atoms with Crippen LogP contribution in [0.2, 0.25) is 0 Å². The van der Waals surface area contributed by atoms with Crippen molar-refractivity contribution in [2.45, 2.75) is 26.7 Å². The van der Waals surface area contributed by atoms with Gasteiger partial charge >= 0.3 is 0 Å². The van der Waals surface area contributed by atoms with Crippen molar-refractivity contribution in [3.63, 3.8) is 0 Å². The van der Waals surface area contributed by atoms with Crippen molar-refractivity contribution in [2.75, 3.05) is 26.7 Å². The Morgan fingerprint density at radius 2 is 2.05 bits per heavy atom. The highest BCUT2D eigenvalue weighted by atomic mass is 16.2. The van der Waals surface area contributed by atoms with Crippen molar-refractivity contribution in [2.24, 2.45) is 5.92 Å². The number of nitrogens with one attached hydrogen (secondary N) is 1. The zero-order valence-corrected chi connectivity index (χ0v) is 11.9. The maximum absolute atomic E-state index is 12.5. The van der Waals surface area contributed by atoms with Gasteiger partial charge in [-0.05, 0) is 52.3 Å². The summed E-state index contributed by atoms with van der Waals surface area (Å²) in [7, 11) is 1.98. The van der Waals surface area contributed by atoms with Crippen molar-refractivity contribution in [3.05, 3.63) is 23.0 Å². The predicted molar refractivity (Wildman–Crippen MR) is 74.1 cm³/mol. The number of aryl methyl sites for hydroxylation is 2.